The number of hydrogen-bond acceptors (Lipinski definition) is 6. The summed E-state index contributed by atoms with van der Waals surface area (Å²) in [6, 6.07) is 6.77. The van der Waals surface area contributed by atoms with Crippen LogP contribution < -0.4 is 15.5 Å². The summed E-state index contributed by atoms with van der Waals surface area (Å²) in [5.41, 5.74) is 1.22. The Morgan fingerprint density at radius 1 is 0.955 bits per heavy atom. The first-order chi connectivity index (χ1) is 10.7. The molecule has 2 aliphatic rings. The van der Waals surface area contributed by atoms with Gasteiger partial charge in [-0.1, -0.05) is 0 Å². The number of nitrogens with zero attached hydrogens (tertiary/aromatic N) is 3. The Bertz CT molecular complexity index is 442. The topological polar surface area (TPSA) is 73.7 Å². The highest BCUT2D eigenvalue weighted by Crippen LogP contribution is 2.20. The predicted molar refractivity (Wildman–Crippen MR) is 88.5 cm³/mol. The van der Waals surface area contributed by atoms with E-state index in [0.717, 1.165) is 58.0 Å². The van der Waals surface area contributed by atoms with Crippen molar-refractivity contribution >= 4 is 11.4 Å². The molecular weight excluding hydrogens is 282 g/mol. The van der Waals surface area contributed by atoms with Gasteiger partial charge < -0.3 is 20.4 Å². The zero-order valence-electron chi connectivity index (χ0n) is 13.1. The summed E-state index contributed by atoms with van der Waals surface area (Å²) in [7, 11) is 2.10. The van der Waals surface area contributed by atoms with Crippen LogP contribution in [0.15, 0.2) is 24.3 Å². The van der Waals surface area contributed by atoms with Crippen LogP contribution in [0.2, 0.25) is 0 Å². The van der Waals surface area contributed by atoms with Gasteiger partial charge in [-0.2, -0.15) is 0 Å². The van der Waals surface area contributed by atoms with Crippen molar-refractivity contribution < 1.29 is 4.92 Å². The lowest BCUT2D eigenvalue weighted by atomic mass is 10.2. The number of hydrogen-bond donors (Lipinski definition) is 2. The fraction of sp³-hybridized carbons (Fsp3) is 0.600. The first-order valence-electron chi connectivity index (χ1n) is 7.76. The van der Waals surface area contributed by atoms with Crippen LogP contribution in [0.5, 0.6) is 0 Å². The van der Waals surface area contributed by atoms with Crippen molar-refractivity contribution in [2.24, 2.45) is 0 Å². The molecule has 0 bridgehead atoms. The highest BCUT2D eigenvalue weighted by Gasteiger charge is 2.14. The van der Waals surface area contributed by atoms with Crippen molar-refractivity contribution in [1.82, 2.24) is 15.5 Å². The van der Waals surface area contributed by atoms with Gasteiger partial charge in [-0.3, -0.25) is 10.1 Å². The SMILES string of the molecule is C1CNCCN1.CN1CCN(c2ccc([N+](=O)[O-])cc2)CC1. The molecule has 0 saturated carbocycles. The van der Waals surface area contributed by atoms with Crippen molar-refractivity contribution in [2.45, 2.75) is 0 Å². The summed E-state index contributed by atoms with van der Waals surface area (Å²) in [5, 5.41) is 17.0. The van der Waals surface area contributed by atoms with E-state index in [1.807, 2.05) is 12.1 Å². The lowest BCUT2D eigenvalue weighted by Crippen LogP contribution is -2.44. The quantitative estimate of drug-likeness (QED) is 0.613. The van der Waals surface area contributed by atoms with Gasteiger partial charge in [0.25, 0.3) is 5.69 Å². The second kappa shape index (κ2) is 8.67. The van der Waals surface area contributed by atoms with Crippen LogP contribution in [0, 0.1) is 10.1 Å². The Labute approximate surface area is 131 Å². The fourth-order valence-corrected chi connectivity index (χ4v) is 2.45. The van der Waals surface area contributed by atoms with Crippen LogP contribution in [0.1, 0.15) is 0 Å². The predicted octanol–water partition coefficient (Wildman–Crippen LogP) is 0.526. The minimum Gasteiger partial charge on any atom is -0.369 e. The number of non-ortho nitro benzene ring substituents is 1. The second-order valence-corrected chi connectivity index (χ2v) is 5.56. The van der Waals surface area contributed by atoms with Gasteiger partial charge in [-0.05, 0) is 19.2 Å². The number of piperazine rings is 2. The molecule has 1 aromatic rings. The molecule has 2 saturated heterocycles. The first-order valence-corrected chi connectivity index (χ1v) is 7.76. The summed E-state index contributed by atoms with van der Waals surface area (Å²) < 4.78 is 0. The normalized spacial score (nSPS) is 19.2. The van der Waals surface area contributed by atoms with Crippen LogP contribution >= 0.6 is 0 Å². The lowest BCUT2D eigenvalue weighted by Gasteiger charge is -2.33. The van der Waals surface area contributed by atoms with Gasteiger partial charge in [0.2, 0.25) is 0 Å². The molecule has 3 rings (SSSR count). The van der Waals surface area contributed by atoms with E-state index < -0.39 is 0 Å². The number of nitro benzene ring substituents is 1. The molecule has 0 aliphatic carbocycles. The molecule has 2 fully saturated rings. The number of nitrogens with one attached hydrogen (secondary N) is 2. The van der Waals surface area contributed by atoms with E-state index in [4.69, 9.17) is 0 Å². The van der Waals surface area contributed by atoms with Crippen molar-refractivity contribution in [1.29, 1.82) is 0 Å². The molecule has 7 heteroatoms. The smallest absolute Gasteiger partial charge is 0.269 e. The summed E-state index contributed by atoms with van der Waals surface area (Å²) in [4.78, 5) is 14.7. The van der Waals surface area contributed by atoms with Gasteiger partial charge in [-0.15, -0.1) is 0 Å². The van der Waals surface area contributed by atoms with Gasteiger partial charge in [0.05, 0.1) is 4.92 Å². The molecule has 0 unspecified atom stereocenters. The minimum atomic E-state index is -0.367. The van der Waals surface area contributed by atoms with Crippen LogP contribution in [0.25, 0.3) is 0 Å². The molecule has 0 amide bonds. The molecule has 2 N–H and O–H groups in total. The van der Waals surface area contributed by atoms with E-state index in [-0.39, 0.29) is 10.6 Å². The second-order valence-electron chi connectivity index (χ2n) is 5.56. The Morgan fingerprint density at radius 3 is 1.86 bits per heavy atom. The standard InChI is InChI=1S/C11H15N3O2.C4H10N2/c1-12-6-8-13(9-7-12)10-2-4-11(5-3-10)14(15)16;1-2-6-4-3-5-1/h2-5H,6-9H2,1H3;5-6H,1-4H2. The van der Waals surface area contributed by atoms with Crippen molar-refractivity contribution in [3.63, 3.8) is 0 Å². The molecule has 22 heavy (non-hydrogen) atoms. The zero-order valence-corrected chi connectivity index (χ0v) is 13.1. The number of anilines is 1. The summed E-state index contributed by atoms with van der Waals surface area (Å²) in [5.74, 6) is 0. The zero-order chi connectivity index (χ0) is 15.8. The van der Waals surface area contributed by atoms with Crippen LogP contribution in [0.4, 0.5) is 11.4 Å². The number of nitro groups is 1. The molecule has 0 atom stereocenters. The van der Waals surface area contributed by atoms with Gasteiger partial charge in [0.15, 0.2) is 0 Å². The molecule has 1 aromatic carbocycles. The van der Waals surface area contributed by atoms with Crippen molar-refractivity contribution in [3.8, 4) is 0 Å². The molecule has 2 aliphatic heterocycles. The average Bonchev–Trinajstić information content (AvgIpc) is 2.58. The molecule has 2 heterocycles. The van der Waals surface area contributed by atoms with E-state index >= 15 is 0 Å². The minimum absolute atomic E-state index is 0.151. The maximum absolute atomic E-state index is 10.5. The summed E-state index contributed by atoms with van der Waals surface area (Å²) in [6.45, 7) is 8.59. The van der Waals surface area contributed by atoms with E-state index in [2.05, 4.69) is 27.5 Å². The Hall–Kier alpha value is -1.70. The Kier molecular flexibility index (Phi) is 6.57. The molecular formula is C15H25N5O2. The first kappa shape index (κ1) is 16.7. The van der Waals surface area contributed by atoms with Gasteiger partial charge in [0.1, 0.15) is 0 Å². The summed E-state index contributed by atoms with van der Waals surface area (Å²) >= 11 is 0. The Balaban J connectivity index is 0.000000246. The van der Waals surface area contributed by atoms with Crippen LogP contribution in [-0.2, 0) is 0 Å². The van der Waals surface area contributed by atoms with E-state index in [9.17, 15) is 10.1 Å². The summed E-state index contributed by atoms with van der Waals surface area (Å²) in [6.07, 6.45) is 0. The Morgan fingerprint density at radius 2 is 1.45 bits per heavy atom. The fourth-order valence-electron chi connectivity index (χ4n) is 2.45. The monoisotopic (exact) mass is 307 g/mol. The molecule has 0 spiro atoms. The molecule has 0 radical (unpaired) electrons. The van der Waals surface area contributed by atoms with Gasteiger partial charge >= 0.3 is 0 Å². The third-order valence-corrected chi connectivity index (χ3v) is 3.89. The molecule has 122 valence electrons. The maximum atomic E-state index is 10.5. The molecule has 0 aromatic heterocycles. The average molecular weight is 307 g/mol. The maximum Gasteiger partial charge on any atom is 0.269 e. The van der Waals surface area contributed by atoms with Crippen molar-refractivity contribution in [3.05, 3.63) is 34.4 Å². The highest BCUT2D eigenvalue weighted by molar-refractivity contribution is 5.51. The number of benzene rings is 1. The van der Waals surface area contributed by atoms with Crippen LogP contribution in [0.3, 0.4) is 0 Å². The third-order valence-electron chi connectivity index (χ3n) is 3.89. The van der Waals surface area contributed by atoms with Gasteiger partial charge in [0, 0.05) is 70.2 Å². The van der Waals surface area contributed by atoms with E-state index in [0.29, 0.717) is 0 Å². The number of likely N-dealkylation sites (N-methyl/N-ethyl adjacent to an activating group) is 1. The lowest BCUT2D eigenvalue weighted by molar-refractivity contribution is -0.384. The van der Waals surface area contributed by atoms with Crippen LogP contribution in [-0.4, -0.2) is 69.2 Å². The van der Waals surface area contributed by atoms with Gasteiger partial charge in [-0.25, -0.2) is 0 Å². The largest absolute Gasteiger partial charge is 0.369 e. The molecule has 7 nitrogen and oxygen atoms in total. The van der Waals surface area contributed by atoms with Crippen molar-refractivity contribution in [2.75, 3.05) is 64.3 Å². The number of rotatable bonds is 2. The highest BCUT2D eigenvalue weighted by atomic mass is 16.6. The van der Waals surface area contributed by atoms with E-state index in [1.54, 1.807) is 12.1 Å². The van der Waals surface area contributed by atoms with E-state index in [1.165, 1.54) is 0 Å². The third kappa shape index (κ3) is 5.25.